The molecule has 0 fully saturated rings. The first-order chi connectivity index (χ1) is 20.9. The minimum absolute atomic E-state index is 0.143. The summed E-state index contributed by atoms with van der Waals surface area (Å²) in [4.78, 5) is 25.4. The van der Waals surface area contributed by atoms with Crippen LogP contribution in [0.3, 0.4) is 0 Å². The number of esters is 1. The van der Waals surface area contributed by atoms with Gasteiger partial charge in [0.1, 0.15) is 0 Å². The monoisotopic (exact) mass is 576 g/mol. The van der Waals surface area contributed by atoms with Gasteiger partial charge >= 0.3 is 5.97 Å². The van der Waals surface area contributed by atoms with Gasteiger partial charge in [0, 0.05) is 24.4 Å². The van der Waals surface area contributed by atoms with Crippen molar-refractivity contribution in [3.63, 3.8) is 0 Å². The maximum Gasteiger partial charge on any atom is 0.302 e. The highest BCUT2D eigenvalue weighted by atomic mass is 16.5. The second-order valence-corrected chi connectivity index (χ2v) is 10.3. The molecule has 0 aliphatic heterocycles. The van der Waals surface area contributed by atoms with Crippen LogP contribution in [0.5, 0.6) is 11.5 Å². The molecule has 4 rings (SSSR count). The predicted octanol–water partition coefficient (Wildman–Crippen LogP) is 6.40. The van der Waals surface area contributed by atoms with Gasteiger partial charge in [0.05, 0.1) is 32.5 Å². The number of carbonyl (C=O) groups is 2. The van der Waals surface area contributed by atoms with E-state index in [1.165, 1.54) is 6.92 Å². The number of amides is 1. The summed E-state index contributed by atoms with van der Waals surface area (Å²) in [7, 11) is 3.19. The molecule has 7 nitrogen and oxygen atoms in total. The van der Waals surface area contributed by atoms with Gasteiger partial charge < -0.3 is 19.5 Å². The normalized spacial score (nSPS) is 12.0. The average Bonchev–Trinajstić information content (AvgIpc) is 3.05. The van der Waals surface area contributed by atoms with E-state index in [0.29, 0.717) is 35.5 Å². The number of nitrogens with one attached hydrogen (secondary N) is 1. The zero-order valence-electron chi connectivity index (χ0n) is 24.7. The van der Waals surface area contributed by atoms with Crippen LogP contribution < -0.4 is 14.8 Å². The van der Waals surface area contributed by atoms with Gasteiger partial charge in [-0.2, -0.15) is 5.26 Å². The second kappa shape index (κ2) is 15.2. The maximum atomic E-state index is 13.6. The first kappa shape index (κ1) is 30.9. The molecule has 7 heteroatoms. The van der Waals surface area contributed by atoms with E-state index in [9.17, 15) is 14.9 Å². The van der Waals surface area contributed by atoms with Crippen LogP contribution in [-0.4, -0.2) is 38.7 Å². The van der Waals surface area contributed by atoms with Gasteiger partial charge in [-0.15, -0.1) is 0 Å². The number of hydrogen-bond donors (Lipinski definition) is 1. The molecule has 0 radical (unpaired) electrons. The highest BCUT2D eigenvalue weighted by Gasteiger charge is 2.26. The molecular formula is C36H36N2O5. The van der Waals surface area contributed by atoms with Crippen molar-refractivity contribution >= 4 is 11.9 Å². The number of rotatable bonds is 13. The van der Waals surface area contributed by atoms with E-state index >= 15 is 0 Å². The molecule has 4 aromatic rings. The van der Waals surface area contributed by atoms with Crippen molar-refractivity contribution in [2.75, 3.05) is 20.8 Å². The van der Waals surface area contributed by atoms with Crippen LogP contribution in [0.1, 0.15) is 40.4 Å². The lowest BCUT2D eigenvalue weighted by Gasteiger charge is -2.28. The van der Waals surface area contributed by atoms with Gasteiger partial charge in [0.2, 0.25) is 0 Å². The predicted molar refractivity (Wildman–Crippen MR) is 166 cm³/mol. The van der Waals surface area contributed by atoms with Crippen molar-refractivity contribution in [2.24, 2.45) is 5.92 Å². The fraction of sp³-hybridized carbons (Fsp3) is 0.250. The Morgan fingerprint density at radius 1 is 0.814 bits per heavy atom. The van der Waals surface area contributed by atoms with Crippen molar-refractivity contribution in [1.82, 2.24) is 5.32 Å². The van der Waals surface area contributed by atoms with E-state index in [1.807, 2.05) is 66.7 Å². The number of aryl methyl sites for hydroxylation is 1. The Morgan fingerprint density at radius 2 is 1.51 bits per heavy atom. The molecule has 0 heterocycles. The summed E-state index contributed by atoms with van der Waals surface area (Å²) < 4.78 is 16.3. The summed E-state index contributed by atoms with van der Waals surface area (Å²) in [5, 5.41) is 12.6. The van der Waals surface area contributed by atoms with Crippen molar-refractivity contribution in [2.45, 2.75) is 32.2 Å². The summed E-state index contributed by atoms with van der Waals surface area (Å²) in [5.41, 5.74) is 5.04. The van der Waals surface area contributed by atoms with Crippen molar-refractivity contribution in [1.29, 1.82) is 5.26 Å². The summed E-state index contributed by atoms with van der Waals surface area (Å²) in [6.45, 7) is 1.52. The maximum absolute atomic E-state index is 13.6. The Kier molecular flexibility index (Phi) is 10.9. The smallest absolute Gasteiger partial charge is 0.302 e. The first-order valence-corrected chi connectivity index (χ1v) is 14.2. The molecule has 2 unspecified atom stereocenters. The average molecular weight is 577 g/mol. The Hall–Kier alpha value is -5.09. The van der Waals surface area contributed by atoms with E-state index < -0.39 is 0 Å². The third-order valence-corrected chi connectivity index (χ3v) is 7.39. The molecule has 1 amide bonds. The molecule has 4 aromatic carbocycles. The van der Waals surface area contributed by atoms with Gasteiger partial charge in [0.15, 0.2) is 11.5 Å². The van der Waals surface area contributed by atoms with Gasteiger partial charge in [-0.3, -0.25) is 9.59 Å². The molecular weight excluding hydrogens is 540 g/mol. The van der Waals surface area contributed by atoms with E-state index in [4.69, 9.17) is 14.2 Å². The van der Waals surface area contributed by atoms with Crippen LogP contribution in [0, 0.1) is 17.2 Å². The molecule has 0 aromatic heterocycles. The Morgan fingerprint density at radius 3 is 2.19 bits per heavy atom. The largest absolute Gasteiger partial charge is 0.493 e. The standard InChI is InChI=1S/C36H36N2O5/c1-25(39)43-24-32(21-27-10-7-11-28(20-27)23-37)33(18-12-26-8-5-4-6-9-26)38-36(40)30-15-13-29(14-16-30)31-17-19-34(41-2)35(22-31)42-3/h4-11,13-17,19-20,22,32-33H,12,18,21,24H2,1-3H3,(H,38,40). The molecule has 0 saturated heterocycles. The van der Waals surface area contributed by atoms with Gasteiger partial charge in [-0.1, -0.05) is 60.7 Å². The number of ether oxygens (including phenoxy) is 3. The van der Waals surface area contributed by atoms with Gasteiger partial charge in [-0.25, -0.2) is 0 Å². The molecule has 2 atom stereocenters. The molecule has 1 N–H and O–H groups in total. The fourth-order valence-electron chi connectivity index (χ4n) is 5.09. The van der Waals surface area contributed by atoms with E-state index in [1.54, 1.807) is 32.4 Å². The zero-order chi connectivity index (χ0) is 30.6. The number of benzene rings is 4. The van der Waals surface area contributed by atoms with E-state index in [2.05, 4.69) is 23.5 Å². The lowest BCUT2D eigenvalue weighted by molar-refractivity contribution is -0.142. The summed E-state index contributed by atoms with van der Waals surface area (Å²) in [5.74, 6) is 0.468. The molecule has 0 spiro atoms. The number of nitriles is 1. The lowest BCUT2D eigenvalue weighted by Crippen LogP contribution is -2.43. The number of carbonyl (C=O) groups excluding carboxylic acids is 2. The minimum atomic E-state index is -0.380. The SMILES string of the molecule is COc1ccc(-c2ccc(C(=O)NC(CCc3ccccc3)C(COC(C)=O)Cc3cccc(C#N)c3)cc2)cc1OC. The van der Waals surface area contributed by atoms with Crippen LogP contribution >= 0.6 is 0 Å². The van der Waals surface area contributed by atoms with Gasteiger partial charge in [-0.05, 0) is 77.9 Å². The molecule has 43 heavy (non-hydrogen) atoms. The highest BCUT2D eigenvalue weighted by molar-refractivity contribution is 5.95. The number of hydrogen-bond acceptors (Lipinski definition) is 6. The Balaban J connectivity index is 1.57. The van der Waals surface area contributed by atoms with Gasteiger partial charge in [0.25, 0.3) is 5.91 Å². The van der Waals surface area contributed by atoms with E-state index in [-0.39, 0.29) is 30.4 Å². The third-order valence-electron chi connectivity index (χ3n) is 7.39. The van der Waals surface area contributed by atoms with Crippen molar-refractivity contribution in [3.8, 4) is 28.7 Å². The minimum Gasteiger partial charge on any atom is -0.493 e. The zero-order valence-corrected chi connectivity index (χ0v) is 24.7. The fourth-order valence-corrected chi connectivity index (χ4v) is 5.09. The molecule has 0 saturated carbocycles. The number of methoxy groups -OCH3 is 2. The molecule has 220 valence electrons. The number of nitrogens with zero attached hydrogens (tertiary/aromatic N) is 1. The lowest BCUT2D eigenvalue weighted by atomic mass is 9.88. The molecule has 0 aliphatic carbocycles. The third kappa shape index (κ3) is 8.70. The highest BCUT2D eigenvalue weighted by Crippen LogP contribution is 2.32. The topological polar surface area (TPSA) is 97.6 Å². The summed E-state index contributed by atoms with van der Waals surface area (Å²) in [6.07, 6.45) is 1.91. The Labute approximate surface area is 253 Å². The molecule has 0 bridgehead atoms. The van der Waals surface area contributed by atoms with E-state index in [0.717, 1.165) is 28.7 Å². The molecule has 0 aliphatic rings. The second-order valence-electron chi connectivity index (χ2n) is 10.3. The van der Waals surface area contributed by atoms with Crippen LogP contribution in [0.4, 0.5) is 0 Å². The first-order valence-electron chi connectivity index (χ1n) is 14.2. The van der Waals surface area contributed by atoms with Crippen LogP contribution in [0.2, 0.25) is 0 Å². The van der Waals surface area contributed by atoms with Crippen LogP contribution in [-0.2, 0) is 22.4 Å². The summed E-state index contributed by atoms with van der Waals surface area (Å²) >= 11 is 0. The summed E-state index contributed by atoms with van der Waals surface area (Å²) in [6, 6.07) is 32.4. The van der Waals surface area contributed by atoms with Crippen molar-refractivity contribution < 1.29 is 23.8 Å². The van der Waals surface area contributed by atoms with Crippen molar-refractivity contribution in [3.05, 3.63) is 119 Å². The Bertz CT molecular complexity index is 1560. The van der Waals surface area contributed by atoms with Crippen LogP contribution in [0.25, 0.3) is 11.1 Å². The quantitative estimate of drug-likeness (QED) is 0.185. The van der Waals surface area contributed by atoms with Crippen LogP contribution in [0.15, 0.2) is 97.1 Å².